The average Bonchev–Trinajstić information content (AvgIpc) is 3.08. The molecule has 3 N–H and O–H groups in total. The summed E-state index contributed by atoms with van der Waals surface area (Å²) in [6, 6.07) is 0.355. The van der Waals surface area contributed by atoms with E-state index in [2.05, 4.69) is 20.8 Å². The van der Waals surface area contributed by atoms with E-state index in [0.29, 0.717) is 30.1 Å². The predicted molar refractivity (Wildman–Crippen MR) is 103 cm³/mol. The van der Waals surface area contributed by atoms with Crippen molar-refractivity contribution in [3.8, 4) is 0 Å². The minimum atomic E-state index is -0.384. The van der Waals surface area contributed by atoms with E-state index in [1.54, 1.807) is 6.20 Å². The molecule has 5 aliphatic rings. The summed E-state index contributed by atoms with van der Waals surface area (Å²) in [4.78, 5) is 26.3. The van der Waals surface area contributed by atoms with Gasteiger partial charge in [0.25, 0.3) is 5.56 Å². The first-order valence-corrected chi connectivity index (χ1v) is 10.5. The first-order chi connectivity index (χ1) is 13.1. The zero-order chi connectivity index (χ0) is 18.5. The number of carbonyl (C=O) groups is 1. The Labute approximate surface area is 163 Å². The minimum Gasteiger partial charge on any atom is -0.367 e. The number of aromatic amines is 1. The lowest BCUT2D eigenvalue weighted by molar-refractivity contribution is -0.00949. The molecule has 2 heterocycles. The summed E-state index contributed by atoms with van der Waals surface area (Å²) in [6.45, 7) is 1.38. The molecule has 4 aliphatic carbocycles. The number of hydrogen-bond acceptors (Lipinski definition) is 4. The molecule has 6 rings (SSSR count). The van der Waals surface area contributed by atoms with Crippen LogP contribution in [0.15, 0.2) is 11.0 Å². The summed E-state index contributed by atoms with van der Waals surface area (Å²) in [5, 5.41) is 12.8. The number of hydrogen-bond donors (Lipinski definition) is 3. The number of aromatic nitrogens is 2. The number of halogens is 1. The lowest BCUT2D eigenvalue weighted by Gasteiger charge is -2.54. The molecular formula is C19H26ClN5O2. The fraction of sp³-hybridized carbons (Fsp3) is 0.737. The molecule has 27 heavy (non-hydrogen) atoms. The first kappa shape index (κ1) is 17.3. The van der Waals surface area contributed by atoms with Crippen LogP contribution in [0.5, 0.6) is 0 Å². The van der Waals surface area contributed by atoms with Gasteiger partial charge in [-0.25, -0.2) is 9.89 Å². The van der Waals surface area contributed by atoms with E-state index in [0.717, 1.165) is 24.8 Å². The third-order valence-corrected chi connectivity index (χ3v) is 7.53. The van der Waals surface area contributed by atoms with Crippen molar-refractivity contribution in [1.29, 1.82) is 0 Å². The Morgan fingerprint density at radius 3 is 2.56 bits per heavy atom. The van der Waals surface area contributed by atoms with E-state index in [4.69, 9.17) is 11.6 Å². The molecule has 1 aliphatic heterocycles. The highest BCUT2D eigenvalue weighted by Crippen LogP contribution is 2.53. The molecule has 1 atom stereocenters. The van der Waals surface area contributed by atoms with Gasteiger partial charge >= 0.3 is 6.03 Å². The summed E-state index contributed by atoms with van der Waals surface area (Å²) in [5.41, 5.74) is 0.247. The van der Waals surface area contributed by atoms with Crippen LogP contribution in [0.2, 0.25) is 5.02 Å². The highest BCUT2D eigenvalue weighted by molar-refractivity contribution is 6.33. The third-order valence-electron chi connectivity index (χ3n) is 7.17. The molecule has 146 valence electrons. The van der Waals surface area contributed by atoms with Gasteiger partial charge in [-0.1, -0.05) is 11.6 Å². The van der Waals surface area contributed by atoms with E-state index < -0.39 is 0 Å². The zero-order valence-electron chi connectivity index (χ0n) is 15.3. The van der Waals surface area contributed by atoms with Crippen LogP contribution in [0.25, 0.3) is 0 Å². The van der Waals surface area contributed by atoms with E-state index in [1.165, 1.54) is 32.1 Å². The fourth-order valence-corrected chi connectivity index (χ4v) is 6.44. The standard InChI is InChI=1S/C19H26ClN5O2/c20-16-15(8-21-24-18(16)26)25-2-1-14(9-25)22-19(27)23-17-12-4-10-3-11(6-12)7-13(17)5-10/h8,10-14,17H,1-7,9H2,(H,24,26)(H2,22,23,27)/t10?,11?,12?,13?,14-,17?/m1/s1. The molecule has 5 fully saturated rings. The van der Waals surface area contributed by atoms with Gasteiger partial charge in [-0.15, -0.1) is 0 Å². The first-order valence-electron chi connectivity index (χ1n) is 10.1. The number of H-pyrrole nitrogens is 1. The van der Waals surface area contributed by atoms with E-state index >= 15 is 0 Å². The van der Waals surface area contributed by atoms with Gasteiger partial charge in [-0.05, 0) is 62.2 Å². The molecule has 1 aromatic rings. The van der Waals surface area contributed by atoms with Gasteiger partial charge in [0.15, 0.2) is 0 Å². The second-order valence-corrected chi connectivity index (χ2v) is 9.28. The van der Waals surface area contributed by atoms with Crippen LogP contribution in [-0.4, -0.2) is 41.4 Å². The van der Waals surface area contributed by atoms with Crippen molar-refractivity contribution in [2.24, 2.45) is 23.7 Å². The second-order valence-electron chi connectivity index (χ2n) is 8.90. The second kappa shape index (κ2) is 6.69. The highest BCUT2D eigenvalue weighted by Gasteiger charge is 2.48. The topological polar surface area (TPSA) is 90.1 Å². The van der Waals surface area contributed by atoms with Crippen LogP contribution in [0.3, 0.4) is 0 Å². The van der Waals surface area contributed by atoms with Crippen LogP contribution in [0.1, 0.15) is 38.5 Å². The number of urea groups is 1. The van der Waals surface area contributed by atoms with Gasteiger partial charge in [-0.2, -0.15) is 5.10 Å². The SMILES string of the molecule is O=C(NC1C2CC3CC(C2)CC1C3)N[C@@H]1CCN(c2cn[nH]c(=O)c2Cl)C1. The van der Waals surface area contributed by atoms with Crippen LogP contribution < -0.4 is 21.1 Å². The lowest BCUT2D eigenvalue weighted by Crippen LogP contribution is -2.58. The molecule has 0 radical (unpaired) electrons. The quantitative estimate of drug-likeness (QED) is 0.736. The molecule has 8 heteroatoms. The summed E-state index contributed by atoms with van der Waals surface area (Å²) in [6.07, 6.45) is 9.00. The molecular weight excluding hydrogens is 366 g/mol. The summed E-state index contributed by atoms with van der Waals surface area (Å²) < 4.78 is 0. The van der Waals surface area contributed by atoms with Crippen molar-refractivity contribution in [2.45, 2.75) is 50.6 Å². The van der Waals surface area contributed by atoms with Crippen molar-refractivity contribution in [3.63, 3.8) is 0 Å². The van der Waals surface area contributed by atoms with Crippen molar-refractivity contribution in [3.05, 3.63) is 21.6 Å². The largest absolute Gasteiger partial charge is 0.367 e. The number of amides is 2. The zero-order valence-corrected chi connectivity index (χ0v) is 16.0. The maximum absolute atomic E-state index is 12.6. The lowest BCUT2D eigenvalue weighted by atomic mass is 9.54. The average molecular weight is 392 g/mol. The number of nitrogens with one attached hydrogen (secondary N) is 3. The van der Waals surface area contributed by atoms with Gasteiger partial charge in [0.05, 0.1) is 11.9 Å². The Balaban J connectivity index is 1.18. The maximum Gasteiger partial charge on any atom is 0.315 e. The third kappa shape index (κ3) is 3.20. The van der Waals surface area contributed by atoms with Crippen molar-refractivity contribution >= 4 is 23.3 Å². The summed E-state index contributed by atoms with van der Waals surface area (Å²) in [7, 11) is 0. The molecule has 0 aromatic carbocycles. The van der Waals surface area contributed by atoms with Gasteiger partial charge in [0, 0.05) is 25.2 Å². The van der Waals surface area contributed by atoms with Gasteiger partial charge in [0.2, 0.25) is 0 Å². The molecule has 4 bridgehead atoms. The van der Waals surface area contributed by atoms with Crippen LogP contribution in [-0.2, 0) is 0 Å². The Hall–Kier alpha value is -1.76. The minimum absolute atomic E-state index is 0.0468. The highest BCUT2D eigenvalue weighted by atomic mass is 35.5. The van der Waals surface area contributed by atoms with E-state index in [9.17, 15) is 9.59 Å². The van der Waals surface area contributed by atoms with Gasteiger partial charge in [-0.3, -0.25) is 4.79 Å². The monoisotopic (exact) mass is 391 g/mol. The summed E-state index contributed by atoms with van der Waals surface area (Å²) >= 11 is 6.10. The number of carbonyl (C=O) groups excluding carboxylic acids is 1. The van der Waals surface area contributed by atoms with E-state index in [-0.39, 0.29) is 22.7 Å². The van der Waals surface area contributed by atoms with E-state index in [1.807, 2.05) is 4.90 Å². The Morgan fingerprint density at radius 1 is 1.15 bits per heavy atom. The predicted octanol–water partition coefficient (Wildman–Crippen LogP) is 2.13. The number of rotatable bonds is 3. The molecule has 0 spiro atoms. The van der Waals surface area contributed by atoms with Crippen molar-refractivity contribution in [1.82, 2.24) is 20.8 Å². The fourth-order valence-electron chi connectivity index (χ4n) is 6.23. The van der Waals surface area contributed by atoms with Crippen molar-refractivity contribution < 1.29 is 4.79 Å². The molecule has 2 amide bonds. The van der Waals surface area contributed by atoms with Crippen LogP contribution in [0.4, 0.5) is 10.5 Å². The maximum atomic E-state index is 12.6. The Morgan fingerprint density at radius 2 is 1.85 bits per heavy atom. The van der Waals surface area contributed by atoms with Crippen molar-refractivity contribution in [2.75, 3.05) is 18.0 Å². The Bertz CT molecular complexity index is 769. The Kier molecular flexibility index (Phi) is 4.30. The normalized spacial score (nSPS) is 36.9. The summed E-state index contributed by atoms with van der Waals surface area (Å²) in [5.74, 6) is 3.16. The van der Waals surface area contributed by atoms with Crippen LogP contribution in [0, 0.1) is 23.7 Å². The smallest absolute Gasteiger partial charge is 0.315 e. The number of anilines is 1. The van der Waals surface area contributed by atoms with Gasteiger partial charge in [0.1, 0.15) is 5.02 Å². The molecule has 1 aromatic heterocycles. The van der Waals surface area contributed by atoms with Gasteiger partial charge < -0.3 is 15.5 Å². The van der Waals surface area contributed by atoms with Crippen LogP contribution >= 0.6 is 11.6 Å². The molecule has 0 unspecified atom stereocenters. The molecule has 1 saturated heterocycles. The molecule has 4 saturated carbocycles. The number of nitrogens with zero attached hydrogens (tertiary/aromatic N) is 2. The molecule has 7 nitrogen and oxygen atoms in total.